The van der Waals surface area contributed by atoms with Gasteiger partial charge in [0.05, 0.1) is 67.1 Å². The second kappa shape index (κ2) is 49.7. The summed E-state index contributed by atoms with van der Waals surface area (Å²) in [7, 11) is -1.72. The number of likely N-dealkylation sites (tertiary alicyclic amines) is 1. The Morgan fingerprint density at radius 3 is 1.14 bits per heavy atom. The number of halogens is 10. The van der Waals surface area contributed by atoms with E-state index in [4.69, 9.17) is 61.2 Å². The van der Waals surface area contributed by atoms with Gasteiger partial charge < -0.3 is 29.5 Å². The summed E-state index contributed by atoms with van der Waals surface area (Å²) in [5.41, 5.74) is 5.38. The summed E-state index contributed by atoms with van der Waals surface area (Å²) in [5, 5.41) is 16.9. The van der Waals surface area contributed by atoms with Crippen LogP contribution in [0.25, 0.3) is 78.1 Å². The fourth-order valence-corrected chi connectivity index (χ4v) is 17.9. The summed E-state index contributed by atoms with van der Waals surface area (Å²) in [6, 6.07) is 24.0. The average molecular weight is 2080 g/mol. The SMILES string of the molecule is C.C.C.C.C[C@@H]1CC[C@@H](C)N(C(=O)OC(C)(C)C)C1.Cc1ccnc(C(C)C)c1-n1c(=O)[nH]c(=O)c2cc(F)c(Cl)nc21.Cc1ccnc(C(C)C)c1-n1c(=O)nc(Cl)c2cc(F)c(Cl)nc21.Cc1ccnc(C(C)C)c1-n1c(=O)nc(N2C[C@H](C)CC[C@H]2C)c2cc(F)c(-c3ccccc3F)nc21.Cc1ccnc(C(C)C)c1-n1c(=O)nc(N2C[C@H](C)CC[C@H]2C)c2cc(F)c(Cl)nc21.OB(O)c1ccccc1F. The minimum atomic E-state index is -1.72. The third-order valence-electron chi connectivity index (χ3n) is 24.6. The number of hydrogen-bond donors (Lipinski definition) is 3. The van der Waals surface area contributed by atoms with Crippen molar-refractivity contribution in [2.45, 2.75) is 261 Å². The second-order valence-electron chi connectivity index (χ2n) is 38.3. The molecule has 3 fully saturated rings. The number of pyridine rings is 8. The lowest BCUT2D eigenvalue weighted by molar-refractivity contribution is 0.00651. The largest absolute Gasteiger partial charge is 0.491 e. The molecule has 14 aromatic rings. The van der Waals surface area contributed by atoms with Crippen LogP contribution in [0.5, 0.6) is 0 Å². The molecule has 39 heteroatoms. The molecule has 12 aromatic heterocycles. The van der Waals surface area contributed by atoms with Gasteiger partial charge in [0.15, 0.2) is 55.5 Å². The smallest absolute Gasteiger partial charge is 0.444 e. The van der Waals surface area contributed by atoms with Gasteiger partial charge in [0.25, 0.3) is 5.56 Å². The zero-order valence-electron chi connectivity index (χ0n) is 82.3. The summed E-state index contributed by atoms with van der Waals surface area (Å²) >= 11 is 23.7. The van der Waals surface area contributed by atoms with Crippen LogP contribution in [0, 0.1) is 80.4 Å². The van der Waals surface area contributed by atoms with Gasteiger partial charge in [0, 0.05) is 73.6 Å². The van der Waals surface area contributed by atoms with Crippen molar-refractivity contribution in [3.05, 3.63) is 275 Å². The molecule has 17 rings (SSSR count). The molecule has 15 heterocycles. The summed E-state index contributed by atoms with van der Waals surface area (Å²) < 4.78 is 95.7. The number of rotatable bonds is 12. The molecule has 1 amide bonds. The van der Waals surface area contributed by atoms with E-state index in [1.54, 1.807) is 49.1 Å². The third-order valence-corrected chi connectivity index (χ3v) is 25.7. The van der Waals surface area contributed by atoms with Crippen LogP contribution >= 0.6 is 46.4 Å². The van der Waals surface area contributed by atoms with Crippen molar-refractivity contribution in [1.82, 2.24) is 83.0 Å². The molecule has 0 radical (unpaired) electrons. The van der Waals surface area contributed by atoms with E-state index in [1.165, 1.54) is 73.2 Å². The number of aromatic nitrogens is 16. The lowest BCUT2D eigenvalue weighted by atomic mass is 9.80. The zero-order valence-corrected chi connectivity index (χ0v) is 85.4. The molecule has 0 spiro atoms. The minimum Gasteiger partial charge on any atom is -0.444 e. The van der Waals surface area contributed by atoms with E-state index in [0.717, 1.165) is 85.3 Å². The number of fused-ring (bicyclic) bond motifs is 4. The van der Waals surface area contributed by atoms with Crippen molar-refractivity contribution >= 4 is 121 Å². The summed E-state index contributed by atoms with van der Waals surface area (Å²) in [5.74, 6) is -1.59. The Balaban J connectivity index is 0.000000219. The van der Waals surface area contributed by atoms with E-state index in [1.807, 2.05) is 121 Å². The number of carbonyl (C=O) groups is 1. The first-order valence-electron chi connectivity index (χ1n) is 46.6. The quantitative estimate of drug-likeness (QED) is 0.0443. The van der Waals surface area contributed by atoms with Crippen molar-refractivity contribution in [3.63, 3.8) is 0 Å². The van der Waals surface area contributed by atoms with E-state index >= 15 is 4.39 Å². The van der Waals surface area contributed by atoms with E-state index in [0.29, 0.717) is 98.2 Å². The number of carbonyl (C=O) groups excluding carboxylic acids is 1. The van der Waals surface area contributed by atoms with E-state index < -0.39 is 81.1 Å². The lowest BCUT2D eigenvalue weighted by Crippen LogP contribution is -2.47. The maximum atomic E-state index is 15.7. The number of ether oxygens (including phenoxy) is 1. The topological polar surface area (TPSA) is 339 Å². The van der Waals surface area contributed by atoms with Gasteiger partial charge >= 0.3 is 36.0 Å². The van der Waals surface area contributed by atoms with Crippen LogP contribution < -0.4 is 43.6 Å². The molecule has 0 bridgehead atoms. The number of hydrogen-bond acceptors (Lipinski definition) is 22. The van der Waals surface area contributed by atoms with Crippen LogP contribution in [0.1, 0.15) is 255 Å². The Bertz CT molecular complexity index is 7370. The molecule has 3 N–H and O–H groups in total. The third kappa shape index (κ3) is 26.4. The normalized spacial score (nSPS) is 16.1. The van der Waals surface area contributed by atoms with Crippen molar-refractivity contribution < 1.29 is 45.9 Å². The number of piperidine rings is 3. The van der Waals surface area contributed by atoms with Crippen LogP contribution in [0.4, 0.5) is 42.8 Å². The molecular weight excluding hydrogens is 1950 g/mol. The van der Waals surface area contributed by atoms with Gasteiger partial charge in [-0.1, -0.05) is 183 Å². The van der Waals surface area contributed by atoms with E-state index in [9.17, 15) is 50.7 Å². The average Bonchev–Trinajstić information content (AvgIpc) is 0.745. The first-order valence-corrected chi connectivity index (χ1v) is 48.1. The molecular formula is C106H130BCl4F6N19O9. The highest BCUT2D eigenvalue weighted by atomic mass is 35.5. The molecule has 0 saturated carbocycles. The van der Waals surface area contributed by atoms with Gasteiger partial charge in [-0.25, -0.2) is 88.5 Å². The van der Waals surface area contributed by atoms with Crippen LogP contribution in [0.3, 0.4) is 0 Å². The Labute approximate surface area is 861 Å². The number of H-pyrrole nitrogens is 1. The van der Waals surface area contributed by atoms with Gasteiger partial charge in [0.1, 0.15) is 45.5 Å². The highest BCUT2D eigenvalue weighted by Gasteiger charge is 2.35. The zero-order chi connectivity index (χ0) is 103. The molecule has 3 aliphatic heterocycles. The Morgan fingerprint density at radius 1 is 0.414 bits per heavy atom. The fourth-order valence-electron chi connectivity index (χ4n) is 17.3. The highest BCUT2D eigenvalue weighted by Crippen LogP contribution is 2.40. The minimum absolute atomic E-state index is 0. The number of anilines is 2. The van der Waals surface area contributed by atoms with Crippen molar-refractivity contribution in [3.8, 4) is 34.0 Å². The number of nitrogens with one attached hydrogen (secondary N) is 1. The van der Waals surface area contributed by atoms with Crippen molar-refractivity contribution in [2.75, 3.05) is 29.4 Å². The number of amides is 1. The van der Waals surface area contributed by atoms with Gasteiger partial charge in [-0.15, -0.1) is 0 Å². The monoisotopic (exact) mass is 2080 g/mol. The molecule has 776 valence electrons. The molecule has 2 aromatic carbocycles. The van der Waals surface area contributed by atoms with E-state index in [-0.39, 0.29) is 131 Å². The standard InChI is InChI=1S/C29H31F2N5O.C23H27ClFN5O.C16H13Cl2FN4O.C16H14ClFN4O2.C12H23NO2.C6H6BFO2.4CH4/c1-16(2)24-26(18(4)12-13-32-24)36-28-21(14-23(31)25(33-28)20-8-6-7-9-22(20)30)27(34-29(36)37)35-15-17(3)10-11-19(35)5;1-12(2)18-19(14(4)8-9-26-18)30-22-16(10-17(25)20(24)27-22)21(28-23(30)31)29-11-13(3)6-7-15(29)5;1-7(2)11-12(8(3)4-5-20-11)23-15-9(13(17)22-16(23)24)6-10(19)14(18)21-15;1-7(2)11-12(8(3)4-5-19-11)22-14-9(15(23)21-16(22)24)6-10(18)13(17)20-14;1-9-6-7-10(2)13(8-9)11(14)15-12(3,4)5;8-6-4-2-1-3-5(6)7(9)10;;;;/h6-9,12-14,16-17,19H,10-11,15H2,1-5H3;8-10,12-13,15H,6-7,11H2,1-5H3;4-7H,1-3H3;4-7H,1-3H3,(H,21,23,24);9-10H,6-8H2,1-5H3;1-4,9-10H;4*1H4/t17-,19-;13-,15-;;;9-,10-;;;;;/m11..1...../s1. The number of aryl methyl sites for hydroxylation is 4. The van der Waals surface area contributed by atoms with Crippen molar-refractivity contribution in [2.24, 2.45) is 17.8 Å². The lowest BCUT2D eigenvalue weighted by Gasteiger charge is -2.38. The van der Waals surface area contributed by atoms with Gasteiger partial charge in [-0.05, 0) is 238 Å². The highest BCUT2D eigenvalue weighted by molar-refractivity contribution is 6.58. The number of aromatic amines is 1. The van der Waals surface area contributed by atoms with Crippen LogP contribution in [0.15, 0.2) is 146 Å². The maximum absolute atomic E-state index is 15.7. The predicted octanol–water partition coefficient (Wildman–Crippen LogP) is 23.0. The van der Waals surface area contributed by atoms with Gasteiger partial charge in [-0.2, -0.15) is 15.0 Å². The molecule has 3 aliphatic rings. The van der Waals surface area contributed by atoms with E-state index in [2.05, 4.69) is 111 Å². The first kappa shape index (κ1) is 118. The van der Waals surface area contributed by atoms with Crippen LogP contribution in [0.2, 0.25) is 20.6 Å². The Morgan fingerprint density at radius 2 is 0.752 bits per heavy atom. The second-order valence-corrected chi connectivity index (χ2v) is 39.7. The molecule has 6 atom stereocenters. The Kier molecular flexibility index (Phi) is 40.4. The maximum Gasteiger partial charge on any atom is 0.491 e. The molecule has 0 unspecified atom stereocenters. The molecule has 3 saturated heterocycles. The van der Waals surface area contributed by atoms with Crippen molar-refractivity contribution in [1.29, 1.82) is 0 Å². The van der Waals surface area contributed by atoms with Gasteiger partial charge in [0.2, 0.25) is 0 Å². The van der Waals surface area contributed by atoms with Crippen LogP contribution in [-0.4, -0.2) is 150 Å². The first-order chi connectivity index (χ1) is 66.5. The Hall–Kier alpha value is -12.4. The molecule has 28 nitrogen and oxygen atoms in total. The summed E-state index contributed by atoms with van der Waals surface area (Å²) in [6.07, 6.45) is 13.0. The molecule has 0 aliphatic carbocycles. The summed E-state index contributed by atoms with van der Waals surface area (Å²) in [4.78, 5) is 132. The van der Waals surface area contributed by atoms with Crippen LogP contribution in [-0.2, 0) is 4.74 Å². The number of nitrogens with zero attached hydrogens (tertiary/aromatic N) is 18. The molecule has 145 heavy (non-hydrogen) atoms. The fraction of sp³-hybridized carbons (Fsp3) is 0.425. The number of benzene rings is 2. The predicted molar refractivity (Wildman–Crippen MR) is 569 cm³/mol. The summed E-state index contributed by atoms with van der Waals surface area (Å²) in [6.45, 7) is 44.1. The van der Waals surface area contributed by atoms with Gasteiger partial charge in [-0.3, -0.25) is 29.7 Å².